The summed E-state index contributed by atoms with van der Waals surface area (Å²) in [7, 11) is 0. The Morgan fingerprint density at radius 3 is 2.69 bits per heavy atom. The number of benzene rings is 2. The Labute approximate surface area is 149 Å². The first kappa shape index (κ1) is 16.4. The number of amides is 1. The molecule has 0 N–H and O–H groups in total. The topological polar surface area (TPSA) is 68.5 Å². The number of nitrogens with zero attached hydrogens (tertiary/aromatic N) is 3. The van der Waals surface area contributed by atoms with Crippen molar-refractivity contribution in [2.45, 2.75) is 6.10 Å². The quantitative estimate of drug-likeness (QED) is 0.724. The third-order valence-electron chi connectivity index (χ3n) is 4.21. The number of aromatic nitrogens is 2. The summed E-state index contributed by atoms with van der Waals surface area (Å²) >= 11 is 0. The molecule has 2 heterocycles. The van der Waals surface area contributed by atoms with E-state index < -0.39 is 11.9 Å². The first-order chi connectivity index (χ1) is 12.7. The maximum atomic E-state index is 13.9. The lowest BCUT2D eigenvalue weighted by Gasteiger charge is -2.31. The van der Waals surface area contributed by atoms with Crippen LogP contribution in [0.3, 0.4) is 0 Å². The van der Waals surface area contributed by atoms with Crippen LogP contribution in [-0.4, -0.2) is 40.6 Å². The van der Waals surface area contributed by atoms with Crippen molar-refractivity contribution in [3.63, 3.8) is 0 Å². The highest BCUT2D eigenvalue weighted by molar-refractivity contribution is 5.94. The van der Waals surface area contributed by atoms with Crippen LogP contribution in [0.1, 0.15) is 22.3 Å². The van der Waals surface area contributed by atoms with Gasteiger partial charge >= 0.3 is 0 Å². The molecule has 0 saturated carbocycles. The number of hydrogen-bond donors (Lipinski definition) is 0. The van der Waals surface area contributed by atoms with E-state index in [4.69, 9.17) is 9.26 Å². The van der Waals surface area contributed by atoms with E-state index in [0.717, 1.165) is 5.56 Å². The maximum absolute atomic E-state index is 13.9. The van der Waals surface area contributed by atoms with Gasteiger partial charge in [-0.05, 0) is 24.3 Å². The second kappa shape index (κ2) is 7.05. The normalized spacial score (nSPS) is 17.3. The zero-order valence-corrected chi connectivity index (χ0v) is 13.8. The number of rotatable bonds is 3. The smallest absolute Gasteiger partial charge is 0.258 e. The number of hydrogen-bond acceptors (Lipinski definition) is 5. The first-order valence-electron chi connectivity index (χ1n) is 8.27. The highest BCUT2D eigenvalue weighted by Crippen LogP contribution is 2.24. The minimum absolute atomic E-state index is 0.0474. The van der Waals surface area contributed by atoms with Crippen LogP contribution in [-0.2, 0) is 4.74 Å². The fraction of sp³-hybridized carbons (Fsp3) is 0.211. The minimum atomic E-state index is -0.536. The molecule has 26 heavy (non-hydrogen) atoms. The second-order valence-corrected chi connectivity index (χ2v) is 5.91. The Balaban J connectivity index is 1.52. The zero-order valence-electron chi connectivity index (χ0n) is 13.8. The van der Waals surface area contributed by atoms with Gasteiger partial charge in [-0.25, -0.2) is 4.39 Å². The molecule has 132 valence electrons. The molecule has 0 unspecified atom stereocenters. The van der Waals surface area contributed by atoms with Gasteiger partial charge in [0.2, 0.25) is 5.82 Å². The van der Waals surface area contributed by atoms with Crippen molar-refractivity contribution in [2.24, 2.45) is 0 Å². The van der Waals surface area contributed by atoms with Crippen molar-refractivity contribution >= 4 is 5.91 Å². The lowest BCUT2D eigenvalue weighted by Crippen LogP contribution is -2.42. The molecule has 1 aliphatic rings. The molecule has 3 aromatic rings. The van der Waals surface area contributed by atoms with Gasteiger partial charge in [0.05, 0.1) is 18.7 Å². The van der Waals surface area contributed by atoms with E-state index in [1.165, 1.54) is 12.1 Å². The summed E-state index contributed by atoms with van der Waals surface area (Å²) < 4.78 is 24.9. The highest BCUT2D eigenvalue weighted by Gasteiger charge is 2.30. The van der Waals surface area contributed by atoms with E-state index in [9.17, 15) is 9.18 Å². The molecule has 6 nitrogen and oxygen atoms in total. The Hall–Kier alpha value is -3.06. The Kier molecular flexibility index (Phi) is 4.45. The lowest BCUT2D eigenvalue weighted by atomic mass is 10.1. The van der Waals surface area contributed by atoms with Gasteiger partial charge in [-0.3, -0.25) is 4.79 Å². The van der Waals surface area contributed by atoms with Gasteiger partial charge in [-0.15, -0.1) is 0 Å². The summed E-state index contributed by atoms with van der Waals surface area (Å²) in [5.41, 5.74) is 0.854. The average Bonchev–Trinajstić information content (AvgIpc) is 3.19. The Bertz CT molecular complexity index is 913. The molecule has 0 spiro atoms. The van der Waals surface area contributed by atoms with Crippen molar-refractivity contribution in [1.82, 2.24) is 15.0 Å². The van der Waals surface area contributed by atoms with Crippen LogP contribution in [0.5, 0.6) is 0 Å². The molecular formula is C19H16FN3O3. The highest BCUT2D eigenvalue weighted by atomic mass is 19.1. The van der Waals surface area contributed by atoms with Crippen LogP contribution < -0.4 is 0 Å². The van der Waals surface area contributed by atoms with Gasteiger partial charge in [-0.1, -0.05) is 35.5 Å². The lowest BCUT2D eigenvalue weighted by molar-refractivity contribution is -0.0277. The fourth-order valence-electron chi connectivity index (χ4n) is 2.86. The van der Waals surface area contributed by atoms with Gasteiger partial charge < -0.3 is 14.2 Å². The largest absolute Gasteiger partial charge is 0.366 e. The van der Waals surface area contributed by atoms with Gasteiger partial charge in [0.25, 0.3) is 11.8 Å². The van der Waals surface area contributed by atoms with Crippen molar-refractivity contribution in [1.29, 1.82) is 0 Å². The SMILES string of the molecule is O=C(c1ccccc1F)N1CCO[C@H](c2noc(-c3ccccc3)n2)C1. The number of morpholine rings is 1. The third kappa shape index (κ3) is 3.21. The van der Waals surface area contributed by atoms with E-state index >= 15 is 0 Å². The van der Waals surface area contributed by atoms with Gasteiger partial charge in [-0.2, -0.15) is 4.98 Å². The van der Waals surface area contributed by atoms with Crippen LogP contribution in [0.4, 0.5) is 4.39 Å². The number of carbonyl (C=O) groups excluding carboxylic acids is 1. The van der Waals surface area contributed by atoms with E-state index in [-0.39, 0.29) is 18.0 Å². The standard InChI is InChI=1S/C19H16FN3O3/c20-15-9-5-4-8-14(15)19(24)23-10-11-25-16(12-23)17-21-18(26-22-17)13-6-2-1-3-7-13/h1-9,16H,10-12H2/t16-/m0/s1. The minimum Gasteiger partial charge on any atom is -0.366 e. The van der Waals surface area contributed by atoms with E-state index in [2.05, 4.69) is 10.1 Å². The Morgan fingerprint density at radius 1 is 1.12 bits per heavy atom. The Morgan fingerprint density at radius 2 is 1.88 bits per heavy atom. The van der Waals surface area contributed by atoms with Crippen molar-refractivity contribution in [2.75, 3.05) is 19.7 Å². The maximum Gasteiger partial charge on any atom is 0.258 e. The molecule has 0 radical (unpaired) electrons. The van der Waals surface area contributed by atoms with Crippen LogP contribution in [0.15, 0.2) is 59.1 Å². The van der Waals surface area contributed by atoms with Crippen molar-refractivity contribution in [3.8, 4) is 11.5 Å². The van der Waals surface area contributed by atoms with E-state index in [0.29, 0.717) is 24.9 Å². The third-order valence-corrected chi connectivity index (χ3v) is 4.21. The summed E-state index contributed by atoms with van der Waals surface area (Å²) in [5.74, 6) is -0.147. The monoisotopic (exact) mass is 353 g/mol. The van der Waals surface area contributed by atoms with Gasteiger partial charge in [0.15, 0.2) is 0 Å². The molecule has 1 fully saturated rings. The van der Waals surface area contributed by atoms with Crippen LogP contribution >= 0.6 is 0 Å². The molecule has 4 rings (SSSR count). The molecule has 0 bridgehead atoms. The molecule has 1 saturated heterocycles. The van der Waals surface area contributed by atoms with Crippen LogP contribution in [0.25, 0.3) is 11.5 Å². The van der Waals surface area contributed by atoms with E-state index in [1.807, 2.05) is 30.3 Å². The number of halogens is 1. The molecule has 1 aliphatic heterocycles. The predicted molar refractivity (Wildman–Crippen MR) is 90.7 cm³/mol. The average molecular weight is 353 g/mol. The fourth-order valence-corrected chi connectivity index (χ4v) is 2.86. The molecule has 7 heteroatoms. The number of carbonyl (C=O) groups is 1. The first-order valence-corrected chi connectivity index (χ1v) is 8.27. The molecule has 1 amide bonds. The summed E-state index contributed by atoms with van der Waals surface area (Å²) in [4.78, 5) is 18.5. The molecule has 2 aromatic carbocycles. The van der Waals surface area contributed by atoms with Gasteiger partial charge in [0, 0.05) is 12.1 Å². The summed E-state index contributed by atoms with van der Waals surface area (Å²) in [6.45, 7) is 0.939. The van der Waals surface area contributed by atoms with Crippen LogP contribution in [0.2, 0.25) is 0 Å². The predicted octanol–water partition coefficient (Wildman–Crippen LogP) is 3.09. The molecule has 0 aliphatic carbocycles. The van der Waals surface area contributed by atoms with Crippen molar-refractivity contribution in [3.05, 3.63) is 71.8 Å². The van der Waals surface area contributed by atoms with Crippen molar-refractivity contribution < 1.29 is 18.4 Å². The molecular weight excluding hydrogens is 337 g/mol. The second-order valence-electron chi connectivity index (χ2n) is 5.91. The molecule has 1 atom stereocenters. The zero-order chi connectivity index (χ0) is 17.9. The summed E-state index contributed by atoms with van der Waals surface area (Å²) in [5, 5.41) is 3.98. The van der Waals surface area contributed by atoms with E-state index in [1.54, 1.807) is 17.0 Å². The summed E-state index contributed by atoms with van der Waals surface area (Å²) in [6.07, 6.45) is -0.513. The van der Waals surface area contributed by atoms with Gasteiger partial charge in [0.1, 0.15) is 11.9 Å². The van der Waals surface area contributed by atoms with Crippen LogP contribution in [0, 0.1) is 5.82 Å². The summed E-state index contributed by atoms with van der Waals surface area (Å²) in [6, 6.07) is 15.3. The number of ether oxygens (including phenoxy) is 1. The molecule has 1 aromatic heterocycles.